The lowest BCUT2D eigenvalue weighted by Crippen LogP contribution is -2.67. The summed E-state index contributed by atoms with van der Waals surface area (Å²) in [4.78, 5) is 36.2. The highest BCUT2D eigenvalue weighted by molar-refractivity contribution is 6.00. The molecule has 2 saturated heterocycles. The van der Waals surface area contributed by atoms with Crippen LogP contribution in [0.5, 0.6) is 0 Å². The molecule has 43 heavy (non-hydrogen) atoms. The highest BCUT2D eigenvalue weighted by Gasteiger charge is 2.50. The maximum atomic E-state index is 14.4. The summed E-state index contributed by atoms with van der Waals surface area (Å²) >= 11 is 0. The smallest absolute Gasteiger partial charge is 0.240 e. The maximum Gasteiger partial charge on any atom is 0.240 e. The molecule has 1 amide bonds. The first-order valence-corrected chi connectivity index (χ1v) is 16.6. The minimum Gasteiger partial charge on any atom is -0.361 e. The third-order valence-electron chi connectivity index (χ3n) is 10.1. The molecule has 0 radical (unpaired) electrons. The number of carbonyl (C=O) groups excluding carboxylic acids is 2. The molecule has 0 spiro atoms. The number of Topliss-reactive ketones (excluding diaryl/α,β-unsaturated/α-hetero) is 1. The number of H-pyrrole nitrogens is 1. The number of nitrogens with zero attached hydrogens (tertiary/aromatic N) is 2. The van der Waals surface area contributed by atoms with Crippen molar-refractivity contribution in [1.29, 1.82) is 0 Å². The summed E-state index contributed by atoms with van der Waals surface area (Å²) in [6, 6.07) is 12.0. The third-order valence-corrected chi connectivity index (χ3v) is 10.1. The van der Waals surface area contributed by atoms with Crippen molar-refractivity contribution in [2.24, 2.45) is 5.73 Å². The van der Waals surface area contributed by atoms with Crippen molar-refractivity contribution in [2.45, 2.75) is 103 Å². The summed E-state index contributed by atoms with van der Waals surface area (Å²) < 4.78 is 0. The monoisotopic (exact) mass is 585 g/mol. The van der Waals surface area contributed by atoms with Crippen LogP contribution in [-0.2, 0) is 40.9 Å². The number of amides is 1. The van der Waals surface area contributed by atoms with Gasteiger partial charge in [0, 0.05) is 48.3 Å². The summed E-state index contributed by atoms with van der Waals surface area (Å²) in [7, 11) is 0. The van der Waals surface area contributed by atoms with Gasteiger partial charge in [0.25, 0.3) is 0 Å². The summed E-state index contributed by atoms with van der Waals surface area (Å²) in [6.45, 7) is 12.3. The third kappa shape index (κ3) is 6.31. The summed E-state index contributed by atoms with van der Waals surface area (Å²) in [5, 5.41) is 4.13. The number of nitrogens with two attached hydrogens (primary N) is 1. The Hall–Kier alpha value is -3.00. The van der Waals surface area contributed by atoms with Gasteiger partial charge in [0.1, 0.15) is 11.6 Å². The van der Waals surface area contributed by atoms with Crippen LogP contribution in [0.2, 0.25) is 0 Å². The Kier molecular flexibility index (Phi) is 10.0. The molecule has 0 bridgehead atoms. The number of ketones is 1. The van der Waals surface area contributed by atoms with Crippen LogP contribution < -0.4 is 11.1 Å². The van der Waals surface area contributed by atoms with E-state index in [0.29, 0.717) is 18.2 Å². The van der Waals surface area contributed by atoms with Crippen molar-refractivity contribution < 1.29 is 9.59 Å². The summed E-state index contributed by atoms with van der Waals surface area (Å²) in [6.07, 6.45) is 10.6. The minimum absolute atomic E-state index is 0.185. The van der Waals surface area contributed by atoms with E-state index in [-0.39, 0.29) is 11.7 Å². The molecule has 2 fully saturated rings. The number of aryl methyl sites for hydroxylation is 2. The molecule has 4 N–H and O–H groups in total. The number of para-hydroxylation sites is 1. The van der Waals surface area contributed by atoms with Gasteiger partial charge in [-0.3, -0.25) is 14.5 Å². The molecule has 2 aliphatic heterocycles. The van der Waals surface area contributed by atoms with Gasteiger partial charge in [-0.25, -0.2) is 0 Å². The standard InChI is InChI=1S/C36H51N5O2/c1-5-27-21-26(22-28(6-2)30(27)7-3)23-39-35(43)34(41-19-15-29(16-20-41)40-17-11-8-12-18-40)36(37,25(4)42)32-24-38-33-14-10-9-13-31(32)33/h9-10,13-14,21-22,24,29,34,38H,5-8,11-12,15-20,23,37H2,1-4H3,(H,39,43). The Morgan fingerprint density at radius 2 is 1.63 bits per heavy atom. The number of fused-ring (bicyclic) bond motifs is 1. The molecule has 7 heteroatoms. The number of piperidine rings is 2. The van der Waals surface area contributed by atoms with Gasteiger partial charge < -0.3 is 20.9 Å². The Morgan fingerprint density at radius 3 is 2.23 bits per heavy atom. The van der Waals surface area contributed by atoms with Gasteiger partial charge in [-0.1, -0.05) is 57.5 Å². The average Bonchev–Trinajstić information content (AvgIpc) is 3.48. The lowest BCUT2D eigenvalue weighted by molar-refractivity contribution is -0.137. The highest BCUT2D eigenvalue weighted by Crippen LogP contribution is 2.35. The Labute approximate surface area is 257 Å². The lowest BCUT2D eigenvalue weighted by Gasteiger charge is -2.46. The van der Waals surface area contributed by atoms with Gasteiger partial charge in [-0.15, -0.1) is 0 Å². The van der Waals surface area contributed by atoms with Gasteiger partial charge >= 0.3 is 0 Å². The minimum atomic E-state index is -1.50. The Balaban J connectivity index is 1.46. The fraction of sp³-hybridized carbons (Fsp3) is 0.556. The number of hydrogen-bond donors (Lipinski definition) is 3. The van der Waals surface area contributed by atoms with Gasteiger partial charge in [0.15, 0.2) is 5.78 Å². The van der Waals surface area contributed by atoms with E-state index in [1.807, 2.05) is 30.5 Å². The molecule has 1 aromatic heterocycles. The second-order valence-electron chi connectivity index (χ2n) is 12.6. The van der Waals surface area contributed by atoms with Crippen molar-refractivity contribution in [3.63, 3.8) is 0 Å². The zero-order valence-corrected chi connectivity index (χ0v) is 26.7. The molecule has 3 aromatic rings. The predicted octanol–water partition coefficient (Wildman–Crippen LogP) is 5.23. The van der Waals surface area contributed by atoms with E-state index in [1.165, 1.54) is 42.9 Å². The zero-order valence-electron chi connectivity index (χ0n) is 26.7. The number of likely N-dealkylation sites (tertiary alicyclic amines) is 2. The topological polar surface area (TPSA) is 94.5 Å². The van der Waals surface area contributed by atoms with Crippen LogP contribution in [-0.4, -0.2) is 64.7 Å². The van der Waals surface area contributed by atoms with Crippen LogP contribution in [0.15, 0.2) is 42.6 Å². The fourth-order valence-electron chi connectivity index (χ4n) is 7.74. The van der Waals surface area contributed by atoms with Crippen molar-refractivity contribution in [1.82, 2.24) is 20.1 Å². The lowest BCUT2D eigenvalue weighted by atomic mass is 9.78. The van der Waals surface area contributed by atoms with E-state index >= 15 is 0 Å². The molecule has 2 atom stereocenters. The Bertz CT molecular complexity index is 1390. The van der Waals surface area contributed by atoms with Gasteiger partial charge in [-0.2, -0.15) is 0 Å². The second-order valence-corrected chi connectivity index (χ2v) is 12.6. The molecule has 0 aliphatic carbocycles. The molecule has 3 heterocycles. The van der Waals surface area contributed by atoms with Crippen LogP contribution in [0.25, 0.3) is 10.9 Å². The first-order chi connectivity index (χ1) is 20.8. The maximum absolute atomic E-state index is 14.4. The molecule has 232 valence electrons. The number of rotatable bonds is 11. The van der Waals surface area contributed by atoms with Crippen molar-refractivity contribution in [2.75, 3.05) is 26.2 Å². The largest absolute Gasteiger partial charge is 0.361 e. The van der Waals surface area contributed by atoms with E-state index < -0.39 is 11.6 Å². The molecule has 7 nitrogen and oxygen atoms in total. The molecular weight excluding hydrogens is 534 g/mol. The van der Waals surface area contributed by atoms with E-state index in [4.69, 9.17) is 5.73 Å². The van der Waals surface area contributed by atoms with Crippen molar-refractivity contribution >= 4 is 22.6 Å². The molecule has 2 aliphatic rings. The van der Waals surface area contributed by atoms with Crippen LogP contribution >= 0.6 is 0 Å². The molecular formula is C36H51N5O2. The fourth-order valence-corrected chi connectivity index (χ4v) is 7.74. The molecule has 5 rings (SSSR count). The van der Waals surface area contributed by atoms with Gasteiger partial charge in [-0.05, 0) is 93.3 Å². The number of aromatic amines is 1. The van der Waals surface area contributed by atoms with E-state index in [9.17, 15) is 9.59 Å². The first-order valence-electron chi connectivity index (χ1n) is 16.6. The van der Waals surface area contributed by atoms with E-state index in [1.54, 1.807) is 0 Å². The molecule has 2 aromatic carbocycles. The van der Waals surface area contributed by atoms with Crippen molar-refractivity contribution in [3.8, 4) is 0 Å². The van der Waals surface area contributed by atoms with Crippen LogP contribution in [0, 0.1) is 0 Å². The van der Waals surface area contributed by atoms with Gasteiger partial charge in [0.2, 0.25) is 5.91 Å². The SMILES string of the molecule is CCc1cc(CNC(=O)C(N2CCC(N3CCCCC3)CC2)C(N)(C(C)=O)c2c[nH]c3ccccc23)cc(CC)c1CC. The second kappa shape index (κ2) is 13.7. The van der Waals surface area contributed by atoms with Gasteiger partial charge in [0.05, 0.1) is 0 Å². The number of carbonyl (C=O) groups is 2. The van der Waals surface area contributed by atoms with Crippen LogP contribution in [0.3, 0.4) is 0 Å². The summed E-state index contributed by atoms with van der Waals surface area (Å²) in [5.41, 5.74) is 12.5. The quantitative estimate of drug-likeness (QED) is 0.286. The molecule has 0 saturated carbocycles. The number of hydrogen-bond acceptors (Lipinski definition) is 5. The van der Waals surface area contributed by atoms with Crippen LogP contribution in [0.4, 0.5) is 0 Å². The average molecular weight is 586 g/mol. The number of nitrogens with one attached hydrogen (secondary N) is 2. The number of benzene rings is 2. The molecule has 2 unspecified atom stereocenters. The van der Waals surface area contributed by atoms with Crippen LogP contribution in [0.1, 0.15) is 87.6 Å². The zero-order chi connectivity index (χ0) is 30.6. The van der Waals surface area contributed by atoms with Crippen molar-refractivity contribution in [3.05, 3.63) is 70.4 Å². The summed E-state index contributed by atoms with van der Waals surface area (Å²) in [5.74, 6) is -0.389. The number of aromatic nitrogens is 1. The normalized spacial score (nSPS) is 19.3. The highest BCUT2D eigenvalue weighted by atomic mass is 16.2. The van der Waals surface area contributed by atoms with E-state index in [2.05, 4.69) is 53.0 Å². The first kappa shape index (κ1) is 31.4. The van der Waals surface area contributed by atoms with E-state index in [0.717, 1.165) is 74.7 Å². The Morgan fingerprint density at radius 1 is 0.977 bits per heavy atom. The predicted molar refractivity (Wildman–Crippen MR) is 175 cm³/mol.